The van der Waals surface area contributed by atoms with Crippen molar-refractivity contribution in [1.82, 2.24) is 0 Å². The van der Waals surface area contributed by atoms with Crippen LogP contribution in [0.2, 0.25) is 0 Å². The molecular weight excluding hydrogens is 164 g/mol. The third-order valence-corrected chi connectivity index (χ3v) is 1.34. The molecule has 0 aliphatic heterocycles. The summed E-state index contributed by atoms with van der Waals surface area (Å²) in [6.07, 6.45) is 0. The average Bonchev–Trinajstić information content (AvgIpc) is 2.04. The summed E-state index contributed by atoms with van der Waals surface area (Å²) in [5.41, 5.74) is 5.81. The molecule has 0 aliphatic carbocycles. The topological polar surface area (TPSA) is 35.2 Å². The van der Waals surface area contributed by atoms with Crippen molar-refractivity contribution < 1.29 is 13.5 Å². The molecule has 0 saturated carbocycles. The fourth-order valence-corrected chi connectivity index (χ4v) is 0.821. The Morgan fingerprint density at radius 2 is 2.33 bits per heavy atom. The van der Waals surface area contributed by atoms with Crippen LogP contribution in [-0.4, -0.2) is 6.61 Å². The van der Waals surface area contributed by atoms with E-state index in [9.17, 15) is 8.78 Å². The molecule has 0 bridgehead atoms. The van der Waals surface area contributed by atoms with Gasteiger partial charge in [-0.15, -0.1) is 0 Å². The van der Waals surface area contributed by atoms with E-state index in [1.165, 1.54) is 18.2 Å². The number of alkyl halides is 2. The highest BCUT2D eigenvalue weighted by molar-refractivity contribution is 5.32. The summed E-state index contributed by atoms with van der Waals surface area (Å²) in [4.78, 5) is 0. The van der Waals surface area contributed by atoms with Crippen LogP contribution >= 0.6 is 0 Å². The summed E-state index contributed by atoms with van der Waals surface area (Å²) in [6, 6.07) is 7.15. The third-order valence-electron chi connectivity index (χ3n) is 1.34. The Balaban J connectivity index is 2.82. The number of benzene rings is 1. The molecule has 1 rings (SSSR count). The van der Waals surface area contributed by atoms with Crippen LogP contribution in [0.5, 0.6) is 5.75 Å². The van der Waals surface area contributed by atoms with Crippen LogP contribution in [0.1, 0.15) is 5.56 Å². The average molecular weight is 172 g/mol. The second kappa shape index (κ2) is 4.01. The second-order valence-electron chi connectivity index (χ2n) is 2.12. The molecule has 0 saturated heterocycles. The summed E-state index contributed by atoms with van der Waals surface area (Å²) >= 11 is 0. The molecule has 0 aromatic heterocycles. The maximum Gasteiger partial charge on any atom is 0.387 e. The first-order valence-corrected chi connectivity index (χ1v) is 3.38. The van der Waals surface area contributed by atoms with Crippen molar-refractivity contribution in [3.63, 3.8) is 0 Å². The fraction of sp³-hybridized carbons (Fsp3) is 0.250. The van der Waals surface area contributed by atoms with E-state index in [0.717, 1.165) is 0 Å². The van der Waals surface area contributed by atoms with Crippen LogP contribution in [0, 0.1) is 6.07 Å². The maximum atomic E-state index is 11.8. The molecule has 0 unspecified atom stereocenters. The molecule has 12 heavy (non-hydrogen) atoms. The number of hydrogen-bond acceptors (Lipinski definition) is 2. The van der Waals surface area contributed by atoms with E-state index in [2.05, 4.69) is 10.8 Å². The molecule has 1 aromatic rings. The predicted molar refractivity (Wildman–Crippen MR) is 39.8 cm³/mol. The quantitative estimate of drug-likeness (QED) is 0.750. The monoisotopic (exact) mass is 172 g/mol. The summed E-state index contributed by atoms with van der Waals surface area (Å²) in [6.45, 7) is -2.64. The zero-order valence-corrected chi connectivity index (χ0v) is 6.26. The number of nitrogens with two attached hydrogens (primary N) is 1. The van der Waals surface area contributed by atoms with Gasteiger partial charge in [-0.2, -0.15) is 8.78 Å². The third kappa shape index (κ3) is 2.17. The van der Waals surface area contributed by atoms with Gasteiger partial charge in [0.1, 0.15) is 5.75 Å². The lowest BCUT2D eigenvalue weighted by molar-refractivity contribution is -0.0504. The lowest BCUT2D eigenvalue weighted by Gasteiger charge is -2.07. The molecule has 0 heterocycles. The molecule has 65 valence electrons. The van der Waals surface area contributed by atoms with Gasteiger partial charge in [0, 0.05) is 12.1 Å². The van der Waals surface area contributed by atoms with Crippen molar-refractivity contribution in [2.75, 3.05) is 0 Å². The molecule has 0 spiro atoms. The van der Waals surface area contributed by atoms with Crippen molar-refractivity contribution in [1.29, 1.82) is 0 Å². The van der Waals surface area contributed by atoms with Crippen molar-refractivity contribution in [3.8, 4) is 5.75 Å². The van der Waals surface area contributed by atoms with E-state index in [-0.39, 0.29) is 12.3 Å². The van der Waals surface area contributed by atoms with Crippen LogP contribution in [0.3, 0.4) is 0 Å². The highest BCUT2D eigenvalue weighted by atomic mass is 19.3. The maximum absolute atomic E-state index is 11.8. The number of hydrogen-bond donors (Lipinski definition) is 1. The minimum absolute atomic E-state index is 0.117. The Labute approximate surface area is 68.9 Å². The van der Waals surface area contributed by atoms with E-state index < -0.39 is 6.61 Å². The van der Waals surface area contributed by atoms with Gasteiger partial charge in [-0.05, 0) is 18.2 Å². The first-order chi connectivity index (χ1) is 5.74. The van der Waals surface area contributed by atoms with E-state index in [1.54, 1.807) is 0 Å². The summed E-state index contributed by atoms with van der Waals surface area (Å²) in [5, 5.41) is 0. The van der Waals surface area contributed by atoms with Crippen molar-refractivity contribution >= 4 is 0 Å². The predicted octanol–water partition coefficient (Wildman–Crippen LogP) is 1.55. The smallest absolute Gasteiger partial charge is 0.387 e. The lowest BCUT2D eigenvalue weighted by atomic mass is 10.2. The van der Waals surface area contributed by atoms with Crippen LogP contribution in [0.15, 0.2) is 18.2 Å². The largest absolute Gasteiger partial charge is 0.434 e. The van der Waals surface area contributed by atoms with Gasteiger partial charge in [-0.3, -0.25) is 0 Å². The number of ether oxygens (including phenoxy) is 1. The Hall–Kier alpha value is -1.16. The van der Waals surface area contributed by atoms with Crippen LogP contribution in [0.25, 0.3) is 0 Å². The first kappa shape index (κ1) is 8.93. The van der Waals surface area contributed by atoms with Crippen molar-refractivity contribution in [2.24, 2.45) is 5.73 Å². The molecule has 0 fully saturated rings. The first-order valence-electron chi connectivity index (χ1n) is 3.38. The van der Waals surface area contributed by atoms with Gasteiger partial charge < -0.3 is 10.5 Å². The molecular formula is C8H8F2NO. The van der Waals surface area contributed by atoms with Crippen molar-refractivity contribution in [2.45, 2.75) is 13.2 Å². The molecule has 4 heteroatoms. The van der Waals surface area contributed by atoms with E-state index in [4.69, 9.17) is 5.73 Å². The standard InChI is InChI=1S/C8H8F2NO/c9-8(10)12-7-4-2-1-3-6(7)5-11/h2-4,8H,5,11H2. The molecule has 1 radical (unpaired) electrons. The molecule has 0 atom stereocenters. The Morgan fingerprint density at radius 3 is 2.92 bits per heavy atom. The summed E-state index contributed by atoms with van der Waals surface area (Å²) in [7, 11) is 0. The minimum Gasteiger partial charge on any atom is -0.434 e. The van der Waals surface area contributed by atoms with Gasteiger partial charge >= 0.3 is 6.61 Å². The second-order valence-corrected chi connectivity index (χ2v) is 2.12. The van der Waals surface area contributed by atoms with E-state index in [1.807, 2.05) is 0 Å². The molecule has 2 nitrogen and oxygen atoms in total. The Morgan fingerprint density at radius 1 is 1.58 bits per heavy atom. The zero-order chi connectivity index (χ0) is 8.97. The van der Waals surface area contributed by atoms with Crippen LogP contribution < -0.4 is 10.5 Å². The van der Waals surface area contributed by atoms with Gasteiger partial charge in [0.25, 0.3) is 0 Å². The zero-order valence-electron chi connectivity index (χ0n) is 6.26. The van der Waals surface area contributed by atoms with E-state index >= 15 is 0 Å². The molecule has 2 N–H and O–H groups in total. The SMILES string of the molecule is NCc1c[c]ccc1OC(F)F. The Bertz CT molecular complexity index is 253. The molecule has 0 aliphatic rings. The van der Waals surface area contributed by atoms with Gasteiger partial charge in [0.15, 0.2) is 0 Å². The highest BCUT2D eigenvalue weighted by Crippen LogP contribution is 2.18. The summed E-state index contributed by atoms with van der Waals surface area (Å²) in [5.74, 6) is 0.117. The van der Waals surface area contributed by atoms with Crippen LogP contribution in [0.4, 0.5) is 8.78 Å². The van der Waals surface area contributed by atoms with Gasteiger partial charge in [-0.25, -0.2) is 0 Å². The molecule has 1 aromatic carbocycles. The van der Waals surface area contributed by atoms with Gasteiger partial charge in [0.05, 0.1) is 0 Å². The Kier molecular flexibility index (Phi) is 2.99. The number of halogens is 2. The number of rotatable bonds is 3. The van der Waals surface area contributed by atoms with Gasteiger partial charge in [-0.1, -0.05) is 6.07 Å². The fourth-order valence-electron chi connectivity index (χ4n) is 0.821. The van der Waals surface area contributed by atoms with Gasteiger partial charge in [0.2, 0.25) is 0 Å². The minimum atomic E-state index is -2.81. The molecule has 0 amide bonds. The van der Waals surface area contributed by atoms with Crippen LogP contribution in [-0.2, 0) is 6.54 Å². The summed E-state index contributed by atoms with van der Waals surface area (Å²) < 4.78 is 27.7. The lowest BCUT2D eigenvalue weighted by Crippen LogP contribution is -2.06. The highest BCUT2D eigenvalue weighted by Gasteiger charge is 2.06. The normalized spacial score (nSPS) is 10.3. The van der Waals surface area contributed by atoms with Crippen molar-refractivity contribution in [3.05, 3.63) is 29.8 Å². The van der Waals surface area contributed by atoms with E-state index in [0.29, 0.717) is 5.56 Å².